The maximum Gasteiger partial charge on any atom is 0.339 e. The molecule has 0 radical (unpaired) electrons. The van der Waals surface area contributed by atoms with Crippen molar-refractivity contribution in [2.45, 2.75) is 18.6 Å². The lowest BCUT2D eigenvalue weighted by molar-refractivity contribution is 0.0204. The zero-order chi connectivity index (χ0) is 13.7. The number of rotatable bonds is 5. The first kappa shape index (κ1) is 14.0. The number of ether oxygens (including phenoxy) is 1. The summed E-state index contributed by atoms with van der Waals surface area (Å²) < 4.78 is 4.90. The van der Waals surface area contributed by atoms with Crippen LogP contribution in [0.1, 0.15) is 28.4 Å². The molecule has 96 valence electrons. The van der Waals surface area contributed by atoms with E-state index in [1.54, 1.807) is 6.07 Å². The van der Waals surface area contributed by atoms with Crippen molar-refractivity contribution in [2.24, 2.45) is 0 Å². The molecule has 0 saturated heterocycles. The number of aliphatic hydroxyl groups excluding tert-OH is 2. The van der Waals surface area contributed by atoms with Gasteiger partial charge in [0.25, 0.3) is 0 Å². The molecule has 0 fully saturated rings. The van der Waals surface area contributed by atoms with Gasteiger partial charge in [-0.05, 0) is 6.07 Å². The Hall–Kier alpha value is -2.10. The van der Waals surface area contributed by atoms with Gasteiger partial charge in [-0.15, -0.1) is 0 Å². The molecule has 6 nitrogen and oxygen atoms in total. The number of aromatic carboxylic acids is 1. The van der Waals surface area contributed by atoms with E-state index in [2.05, 4.69) is 0 Å². The molecule has 0 heterocycles. The molecule has 0 spiro atoms. The first-order valence-corrected chi connectivity index (χ1v) is 5.16. The summed E-state index contributed by atoms with van der Waals surface area (Å²) in [6, 6.07) is 6.02. The zero-order valence-corrected chi connectivity index (χ0v) is 9.70. The minimum Gasteiger partial charge on any atom is -0.496 e. The van der Waals surface area contributed by atoms with Crippen molar-refractivity contribution < 1.29 is 24.9 Å². The van der Waals surface area contributed by atoms with Crippen LogP contribution >= 0.6 is 0 Å². The van der Waals surface area contributed by atoms with E-state index in [9.17, 15) is 15.0 Å². The monoisotopic (exact) mass is 251 g/mol. The average Bonchev–Trinajstić information content (AvgIpc) is 2.36. The van der Waals surface area contributed by atoms with Crippen molar-refractivity contribution in [1.29, 1.82) is 5.26 Å². The van der Waals surface area contributed by atoms with Gasteiger partial charge >= 0.3 is 5.97 Å². The summed E-state index contributed by atoms with van der Waals surface area (Å²) in [6.07, 6.45) is -3.09. The Balaban J connectivity index is 3.24. The molecule has 18 heavy (non-hydrogen) atoms. The molecule has 0 aliphatic rings. The molecule has 1 rings (SSSR count). The summed E-state index contributed by atoms with van der Waals surface area (Å²) >= 11 is 0. The van der Waals surface area contributed by atoms with Gasteiger partial charge in [0, 0.05) is 5.56 Å². The van der Waals surface area contributed by atoms with Crippen LogP contribution in [0.15, 0.2) is 18.2 Å². The van der Waals surface area contributed by atoms with E-state index in [-0.39, 0.29) is 23.3 Å². The van der Waals surface area contributed by atoms with Crippen LogP contribution in [-0.4, -0.2) is 34.5 Å². The lowest BCUT2D eigenvalue weighted by Gasteiger charge is -2.18. The van der Waals surface area contributed by atoms with Crippen LogP contribution in [0.4, 0.5) is 0 Å². The van der Waals surface area contributed by atoms with Crippen LogP contribution < -0.4 is 4.74 Å². The van der Waals surface area contributed by atoms with Gasteiger partial charge in [0.1, 0.15) is 17.4 Å². The van der Waals surface area contributed by atoms with Crippen LogP contribution in [-0.2, 0) is 0 Å². The van der Waals surface area contributed by atoms with E-state index >= 15 is 0 Å². The Morgan fingerprint density at radius 1 is 1.50 bits per heavy atom. The van der Waals surface area contributed by atoms with Crippen molar-refractivity contribution in [1.82, 2.24) is 0 Å². The lowest BCUT2D eigenvalue weighted by Crippen LogP contribution is -2.20. The van der Waals surface area contributed by atoms with Gasteiger partial charge in [-0.2, -0.15) is 5.26 Å². The van der Waals surface area contributed by atoms with Crippen molar-refractivity contribution >= 4 is 5.97 Å². The van der Waals surface area contributed by atoms with E-state index in [1.807, 2.05) is 0 Å². The molecule has 6 heteroatoms. The van der Waals surface area contributed by atoms with Gasteiger partial charge in [-0.3, -0.25) is 0 Å². The van der Waals surface area contributed by atoms with Gasteiger partial charge < -0.3 is 20.1 Å². The standard InChI is InChI=1S/C12H13NO5/c1-18-9-4-2-3-7(10(9)12(16)17)11(15)8(14)5-6-13/h2-4,8,11,14-15H,5H2,1H3,(H,16,17). The number of nitrogens with zero attached hydrogens (tertiary/aromatic N) is 1. The third-order valence-corrected chi connectivity index (χ3v) is 2.48. The minimum absolute atomic E-state index is 0.0181. The summed E-state index contributed by atoms with van der Waals surface area (Å²) in [5.41, 5.74) is -0.200. The summed E-state index contributed by atoms with van der Waals surface area (Å²) in [5.74, 6) is -1.19. The Kier molecular flexibility index (Phi) is 4.66. The zero-order valence-electron chi connectivity index (χ0n) is 9.70. The highest BCUT2D eigenvalue weighted by Crippen LogP contribution is 2.29. The molecule has 2 unspecified atom stereocenters. The molecule has 3 N–H and O–H groups in total. The number of hydrogen-bond acceptors (Lipinski definition) is 5. The molecule has 0 bridgehead atoms. The van der Waals surface area contributed by atoms with Crippen LogP contribution in [0, 0.1) is 11.3 Å². The van der Waals surface area contributed by atoms with Gasteiger partial charge in [-0.1, -0.05) is 12.1 Å². The summed E-state index contributed by atoms with van der Waals surface area (Å²) in [4.78, 5) is 11.1. The Bertz CT molecular complexity index is 480. The van der Waals surface area contributed by atoms with E-state index in [4.69, 9.17) is 15.1 Å². The summed E-state index contributed by atoms with van der Waals surface area (Å²) in [6.45, 7) is 0. The molecule has 0 aliphatic heterocycles. The van der Waals surface area contributed by atoms with E-state index < -0.39 is 18.2 Å². The first-order chi connectivity index (χ1) is 8.52. The Morgan fingerprint density at radius 3 is 2.67 bits per heavy atom. The highest BCUT2D eigenvalue weighted by Gasteiger charge is 2.26. The molecule has 2 atom stereocenters. The number of carbonyl (C=O) groups is 1. The molecule has 0 saturated carbocycles. The van der Waals surface area contributed by atoms with Crippen LogP contribution in [0.2, 0.25) is 0 Å². The van der Waals surface area contributed by atoms with E-state index in [0.717, 1.165) is 0 Å². The average molecular weight is 251 g/mol. The van der Waals surface area contributed by atoms with Gasteiger partial charge in [-0.25, -0.2) is 4.79 Å². The Labute approximate surface area is 104 Å². The number of nitriles is 1. The molecule has 0 aliphatic carbocycles. The maximum absolute atomic E-state index is 11.1. The second-order valence-electron chi connectivity index (χ2n) is 3.60. The molecular formula is C12H13NO5. The quantitative estimate of drug-likeness (QED) is 0.710. The van der Waals surface area contributed by atoms with Crippen molar-refractivity contribution in [3.63, 3.8) is 0 Å². The molecule has 1 aromatic rings. The molecule has 0 aromatic heterocycles. The van der Waals surface area contributed by atoms with E-state index in [1.165, 1.54) is 25.3 Å². The maximum atomic E-state index is 11.1. The fraction of sp³-hybridized carbons (Fsp3) is 0.333. The number of aliphatic hydroxyl groups is 2. The second kappa shape index (κ2) is 6.00. The minimum atomic E-state index is -1.45. The fourth-order valence-electron chi connectivity index (χ4n) is 1.61. The second-order valence-corrected chi connectivity index (χ2v) is 3.60. The SMILES string of the molecule is COc1cccc(C(O)C(O)CC#N)c1C(=O)O. The summed E-state index contributed by atoms with van der Waals surface area (Å²) in [5, 5.41) is 36.9. The van der Waals surface area contributed by atoms with Crippen molar-refractivity contribution in [3.05, 3.63) is 29.3 Å². The van der Waals surface area contributed by atoms with Crippen LogP contribution in [0.5, 0.6) is 5.75 Å². The fourth-order valence-corrected chi connectivity index (χ4v) is 1.61. The van der Waals surface area contributed by atoms with Crippen LogP contribution in [0.25, 0.3) is 0 Å². The molecule has 1 aromatic carbocycles. The topological polar surface area (TPSA) is 111 Å². The highest BCUT2D eigenvalue weighted by atomic mass is 16.5. The smallest absolute Gasteiger partial charge is 0.339 e. The normalized spacial score (nSPS) is 13.4. The summed E-state index contributed by atoms with van der Waals surface area (Å²) in [7, 11) is 1.31. The predicted molar refractivity (Wildman–Crippen MR) is 61.1 cm³/mol. The molecule has 0 amide bonds. The van der Waals surface area contributed by atoms with E-state index in [0.29, 0.717) is 0 Å². The predicted octanol–water partition coefficient (Wildman–Crippen LogP) is 0.701. The third-order valence-electron chi connectivity index (χ3n) is 2.48. The highest BCUT2D eigenvalue weighted by molar-refractivity contribution is 5.92. The largest absolute Gasteiger partial charge is 0.496 e. The number of methoxy groups -OCH3 is 1. The Morgan fingerprint density at radius 2 is 2.17 bits per heavy atom. The number of benzene rings is 1. The van der Waals surface area contributed by atoms with Crippen molar-refractivity contribution in [2.75, 3.05) is 7.11 Å². The van der Waals surface area contributed by atoms with Gasteiger partial charge in [0.05, 0.1) is 25.7 Å². The number of carboxylic acid groups (broad SMARTS) is 1. The first-order valence-electron chi connectivity index (χ1n) is 5.16. The number of hydrogen-bond donors (Lipinski definition) is 3. The van der Waals surface area contributed by atoms with Crippen molar-refractivity contribution in [3.8, 4) is 11.8 Å². The molecular weight excluding hydrogens is 238 g/mol. The lowest BCUT2D eigenvalue weighted by atomic mass is 9.96. The third kappa shape index (κ3) is 2.77. The number of carboxylic acids is 1. The van der Waals surface area contributed by atoms with Gasteiger partial charge in [0.15, 0.2) is 0 Å². The van der Waals surface area contributed by atoms with Gasteiger partial charge in [0.2, 0.25) is 0 Å². The van der Waals surface area contributed by atoms with Crippen LogP contribution in [0.3, 0.4) is 0 Å².